The molecule has 2 N–H and O–H groups in total. The highest BCUT2D eigenvalue weighted by Crippen LogP contribution is 2.31. The van der Waals surface area contributed by atoms with Crippen molar-refractivity contribution in [3.05, 3.63) is 0 Å². The van der Waals surface area contributed by atoms with Crippen molar-refractivity contribution in [2.24, 2.45) is 29.6 Å². The summed E-state index contributed by atoms with van der Waals surface area (Å²) in [6.07, 6.45) is 5.55. The zero-order valence-corrected chi connectivity index (χ0v) is 21.0. The number of nitrogens with one attached hydrogen (secondary N) is 2. The zero-order chi connectivity index (χ0) is 24.7. The van der Waals surface area contributed by atoms with Gasteiger partial charge in [0.15, 0.2) is 6.10 Å². The number of carbonyl (C=O) groups is 4. The second kappa shape index (κ2) is 12.4. The van der Waals surface area contributed by atoms with Crippen molar-refractivity contribution in [3.8, 4) is 0 Å². The third-order valence-corrected chi connectivity index (χ3v) is 7.01. The minimum Gasteiger partial charge on any atom is -0.464 e. The van der Waals surface area contributed by atoms with Gasteiger partial charge in [-0.2, -0.15) is 0 Å². The summed E-state index contributed by atoms with van der Waals surface area (Å²) < 4.78 is 10.6. The fraction of sp³-hybridized carbons (Fsp3) is 0.840. The average Bonchev–Trinajstić information content (AvgIpc) is 2.77. The van der Waals surface area contributed by atoms with Gasteiger partial charge in [0.2, 0.25) is 5.91 Å². The second-order valence-corrected chi connectivity index (χ2v) is 10.4. The van der Waals surface area contributed by atoms with Crippen LogP contribution in [-0.2, 0) is 28.7 Å². The van der Waals surface area contributed by atoms with E-state index in [0.29, 0.717) is 12.5 Å². The van der Waals surface area contributed by atoms with E-state index < -0.39 is 41.9 Å². The Hall–Kier alpha value is -2.12. The van der Waals surface area contributed by atoms with E-state index in [-0.39, 0.29) is 23.7 Å². The smallest absolute Gasteiger partial charge is 0.328 e. The molecule has 0 aromatic carbocycles. The summed E-state index contributed by atoms with van der Waals surface area (Å²) in [5, 5.41) is 5.52. The van der Waals surface area contributed by atoms with Gasteiger partial charge in [-0.1, -0.05) is 67.2 Å². The Morgan fingerprint density at radius 3 is 2.09 bits per heavy atom. The summed E-state index contributed by atoms with van der Waals surface area (Å²) in [7, 11) is 0. The SMILES string of the molecule is CC[C@H](C)C1C(=O)OC1C(=O)NC(C(=O)NC(C(=O)OCC1CCCCC1)C(C)C)C(C)C. The van der Waals surface area contributed by atoms with Crippen LogP contribution in [0.3, 0.4) is 0 Å². The van der Waals surface area contributed by atoms with Gasteiger partial charge in [0, 0.05) is 0 Å². The maximum atomic E-state index is 13.1. The van der Waals surface area contributed by atoms with Gasteiger partial charge in [-0.05, 0) is 36.5 Å². The molecular formula is C25H42N2O6. The molecule has 2 aliphatic rings. The first kappa shape index (κ1) is 27.1. The molecule has 8 nitrogen and oxygen atoms in total. The lowest BCUT2D eigenvalue weighted by Crippen LogP contribution is -2.61. The standard InChI is InChI=1S/C25H42N2O6/c1-7-16(6)18-21(33-24(18)30)23(29)26-19(14(2)3)22(28)27-20(15(4)5)25(31)32-13-17-11-9-8-10-12-17/h14-21H,7-13H2,1-6H3,(H,26,29)(H,27,28)/t16-,18?,19?,20?,21?/m0/s1. The molecule has 1 aliphatic heterocycles. The van der Waals surface area contributed by atoms with E-state index in [9.17, 15) is 19.2 Å². The first-order valence-corrected chi connectivity index (χ1v) is 12.5. The van der Waals surface area contributed by atoms with Crippen LogP contribution < -0.4 is 10.6 Å². The predicted molar refractivity (Wildman–Crippen MR) is 124 cm³/mol. The molecule has 4 unspecified atom stereocenters. The van der Waals surface area contributed by atoms with Crippen molar-refractivity contribution in [1.29, 1.82) is 0 Å². The van der Waals surface area contributed by atoms with Crippen LogP contribution in [0.2, 0.25) is 0 Å². The molecule has 0 bridgehead atoms. The van der Waals surface area contributed by atoms with Crippen molar-refractivity contribution in [2.45, 2.75) is 98.3 Å². The molecule has 1 aliphatic carbocycles. The number of carbonyl (C=O) groups excluding carboxylic acids is 4. The van der Waals surface area contributed by atoms with Crippen molar-refractivity contribution >= 4 is 23.8 Å². The van der Waals surface area contributed by atoms with Crippen LogP contribution in [0, 0.1) is 29.6 Å². The fourth-order valence-electron chi connectivity index (χ4n) is 4.48. The first-order valence-electron chi connectivity index (χ1n) is 12.5. The lowest BCUT2D eigenvalue weighted by molar-refractivity contribution is -0.193. The molecule has 0 aromatic heterocycles. The van der Waals surface area contributed by atoms with Gasteiger partial charge >= 0.3 is 11.9 Å². The Morgan fingerprint density at radius 2 is 1.58 bits per heavy atom. The topological polar surface area (TPSA) is 111 Å². The third-order valence-electron chi connectivity index (χ3n) is 7.01. The summed E-state index contributed by atoms with van der Waals surface area (Å²) in [6.45, 7) is 11.6. The predicted octanol–water partition coefficient (Wildman–Crippen LogP) is 2.98. The van der Waals surface area contributed by atoms with E-state index in [1.807, 2.05) is 41.5 Å². The normalized spacial score (nSPS) is 23.8. The van der Waals surface area contributed by atoms with Crippen molar-refractivity contribution in [2.75, 3.05) is 6.61 Å². The lowest BCUT2D eigenvalue weighted by Gasteiger charge is -2.38. The van der Waals surface area contributed by atoms with Gasteiger partial charge in [0.1, 0.15) is 18.0 Å². The van der Waals surface area contributed by atoms with Crippen LogP contribution in [0.1, 0.15) is 80.1 Å². The van der Waals surface area contributed by atoms with E-state index in [1.165, 1.54) is 6.42 Å². The van der Waals surface area contributed by atoms with Crippen molar-refractivity contribution in [3.63, 3.8) is 0 Å². The van der Waals surface area contributed by atoms with Crippen LogP contribution in [0.25, 0.3) is 0 Å². The second-order valence-electron chi connectivity index (χ2n) is 10.4. The number of hydrogen-bond acceptors (Lipinski definition) is 6. The largest absolute Gasteiger partial charge is 0.464 e. The minimum atomic E-state index is -0.886. The minimum absolute atomic E-state index is 0.0117. The number of rotatable bonds is 11. The molecule has 2 rings (SSSR count). The Balaban J connectivity index is 1.97. The van der Waals surface area contributed by atoms with Crippen molar-refractivity contribution in [1.82, 2.24) is 10.6 Å². The maximum Gasteiger partial charge on any atom is 0.328 e. The third kappa shape index (κ3) is 7.18. The zero-order valence-electron chi connectivity index (χ0n) is 21.0. The lowest BCUT2D eigenvalue weighted by atomic mass is 9.82. The average molecular weight is 467 g/mol. The highest BCUT2D eigenvalue weighted by molar-refractivity contribution is 5.97. The van der Waals surface area contributed by atoms with E-state index in [4.69, 9.17) is 9.47 Å². The van der Waals surface area contributed by atoms with E-state index in [1.54, 1.807) is 0 Å². The fourth-order valence-corrected chi connectivity index (χ4v) is 4.48. The van der Waals surface area contributed by atoms with Crippen molar-refractivity contribution < 1.29 is 28.7 Å². The summed E-state index contributed by atoms with van der Waals surface area (Å²) in [5.41, 5.74) is 0. The van der Waals surface area contributed by atoms with Crippen LogP contribution in [0.15, 0.2) is 0 Å². The monoisotopic (exact) mass is 466 g/mol. The summed E-state index contributed by atoms with van der Waals surface area (Å²) in [5.74, 6) is -2.24. The number of hydrogen-bond donors (Lipinski definition) is 2. The van der Waals surface area contributed by atoms with Gasteiger partial charge in [-0.3, -0.25) is 14.4 Å². The van der Waals surface area contributed by atoms with Gasteiger partial charge in [0.25, 0.3) is 5.91 Å². The number of ether oxygens (including phenoxy) is 2. The highest BCUT2D eigenvalue weighted by Gasteiger charge is 2.50. The molecule has 5 atom stereocenters. The summed E-state index contributed by atoms with van der Waals surface area (Å²) >= 11 is 0. The molecule has 2 fully saturated rings. The van der Waals surface area contributed by atoms with Gasteiger partial charge in [0.05, 0.1) is 6.61 Å². The van der Waals surface area contributed by atoms with Crippen LogP contribution in [0.5, 0.6) is 0 Å². The molecule has 0 radical (unpaired) electrons. The Kier molecular flexibility index (Phi) is 10.2. The van der Waals surface area contributed by atoms with Gasteiger partial charge in [-0.15, -0.1) is 0 Å². The molecule has 1 heterocycles. The van der Waals surface area contributed by atoms with E-state index >= 15 is 0 Å². The first-order chi connectivity index (χ1) is 15.6. The summed E-state index contributed by atoms with van der Waals surface area (Å²) in [6, 6.07) is -1.66. The molecular weight excluding hydrogens is 424 g/mol. The highest BCUT2D eigenvalue weighted by atomic mass is 16.6. The number of amides is 2. The van der Waals surface area contributed by atoms with Gasteiger partial charge < -0.3 is 20.1 Å². The molecule has 0 aromatic rings. The number of cyclic esters (lactones) is 1. The molecule has 33 heavy (non-hydrogen) atoms. The van der Waals surface area contributed by atoms with Crippen LogP contribution >= 0.6 is 0 Å². The maximum absolute atomic E-state index is 13.1. The molecule has 188 valence electrons. The molecule has 1 saturated carbocycles. The van der Waals surface area contributed by atoms with Crippen LogP contribution in [-0.4, -0.2) is 48.5 Å². The molecule has 2 amide bonds. The quantitative estimate of drug-likeness (QED) is 0.453. The molecule has 0 spiro atoms. The van der Waals surface area contributed by atoms with E-state index in [2.05, 4.69) is 10.6 Å². The van der Waals surface area contributed by atoms with E-state index in [0.717, 1.165) is 32.1 Å². The molecule has 8 heteroatoms. The Morgan fingerprint density at radius 1 is 0.970 bits per heavy atom. The van der Waals surface area contributed by atoms with Crippen LogP contribution in [0.4, 0.5) is 0 Å². The Bertz CT molecular complexity index is 701. The Labute approximate surface area is 197 Å². The molecule has 1 saturated heterocycles. The number of esters is 2. The summed E-state index contributed by atoms with van der Waals surface area (Å²) in [4.78, 5) is 50.4. The van der Waals surface area contributed by atoms with Gasteiger partial charge in [-0.25, -0.2) is 4.79 Å².